The van der Waals surface area contributed by atoms with Crippen LogP contribution in [0.5, 0.6) is 0 Å². The van der Waals surface area contributed by atoms with E-state index in [4.69, 9.17) is 0 Å². The lowest BCUT2D eigenvalue weighted by atomic mass is 10.3. The van der Waals surface area contributed by atoms with Gasteiger partial charge >= 0.3 is 0 Å². The average molecular weight is 274 g/mol. The van der Waals surface area contributed by atoms with Crippen LogP contribution in [0.2, 0.25) is 0 Å². The van der Waals surface area contributed by atoms with Gasteiger partial charge in [-0.15, -0.1) is 0 Å². The molecule has 0 atom stereocenters. The molecule has 0 fully saturated rings. The monoisotopic (exact) mass is 274 g/mol. The fourth-order valence-electron chi connectivity index (χ4n) is 2.05. The van der Waals surface area contributed by atoms with Gasteiger partial charge in [0.15, 0.2) is 0 Å². The van der Waals surface area contributed by atoms with E-state index in [0.717, 1.165) is 42.4 Å². The maximum Gasteiger partial charge on any atom is 0.134 e. The van der Waals surface area contributed by atoms with Crippen LogP contribution in [0, 0.1) is 0 Å². The Kier molecular flexibility index (Phi) is 4.55. The predicted molar refractivity (Wildman–Crippen MR) is 80.9 cm³/mol. The number of anilines is 2. The van der Waals surface area contributed by atoms with Crippen LogP contribution >= 0.6 is 0 Å². The Morgan fingerprint density at radius 3 is 2.75 bits per heavy atom. The number of nitrogens with one attached hydrogen (secondary N) is 1. The van der Waals surface area contributed by atoms with Gasteiger partial charge in [0.1, 0.15) is 17.5 Å². The van der Waals surface area contributed by atoms with Gasteiger partial charge in [0.05, 0.1) is 6.20 Å². The van der Waals surface area contributed by atoms with E-state index in [1.807, 2.05) is 44.3 Å². The molecule has 6 nitrogen and oxygen atoms in total. The summed E-state index contributed by atoms with van der Waals surface area (Å²) in [7, 11) is 5.83. The zero-order valence-electron chi connectivity index (χ0n) is 12.6. The minimum Gasteiger partial charge on any atom is -0.373 e. The first-order chi connectivity index (χ1) is 9.62. The predicted octanol–water partition coefficient (Wildman–Crippen LogP) is 1.84. The van der Waals surface area contributed by atoms with Crippen molar-refractivity contribution >= 4 is 11.6 Å². The number of aromatic nitrogens is 4. The summed E-state index contributed by atoms with van der Waals surface area (Å²) >= 11 is 0. The van der Waals surface area contributed by atoms with Crippen molar-refractivity contribution in [3.05, 3.63) is 29.8 Å². The van der Waals surface area contributed by atoms with Gasteiger partial charge in [-0.3, -0.25) is 4.68 Å². The molecule has 108 valence electrons. The molecule has 0 amide bonds. The van der Waals surface area contributed by atoms with Crippen molar-refractivity contribution in [1.29, 1.82) is 0 Å². The van der Waals surface area contributed by atoms with Gasteiger partial charge in [0.25, 0.3) is 0 Å². The van der Waals surface area contributed by atoms with Gasteiger partial charge in [0.2, 0.25) is 0 Å². The highest BCUT2D eigenvalue weighted by molar-refractivity contribution is 5.49. The smallest absolute Gasteiger partial charge is 0.134 e. The Hall–Kier alpha value is -2.11. The molecule has 2 heterocycles. The molecule has 0 aliphatic rings. The van der Waals surface area contributed by atoms with Gasteiger partial charge in [-0.2, -0.15) is 5.10 Å². The molecule has 2 aromatic rings. The van der Waals surface area contributed by atoms with Crippen molar-refractivity contribution in [2.45, 2.75) is 26.3 Å². The Morgan fingerprint density at radius 2 is 2.15 bits per heavy atom. The number of nitrogens with zero attached hydrogens (tertiary/aromatic N) is 5. The largest absolute Gasteiger partial charge is 0.373 e. The third kappa shape index (κ3) is 3.46. The second-order valence-corrected chi connectivity index (χ2v) is 4.91. The molecule has 0 aliphatic carbocycles. The summed E-state index contributed by atoms with van der Waals surface area (Å²) in [4.78, 5) is 11.2. The summed E-state index contributed by atoms with van der Waals surface area (Å²) in [6, 6.07) is 1.97. The fraction of sp³-hybridized carbons (Fsp3) is 0.500. The lowest BCUT2D eigenvalue weighted by molar-refractivity contribution is 0.766. The molecule has 0 saturated carbocycles. The van der Waals surface area contributed by atoms with Crippen LogP contribution < -0.4 is 10.2 Å². The first-order valence-corrected chi connectivity index (χ1v) is 6.86. The van der Waals surface area contributed by atoms with E-state index in [2.05, 4.69) is 32.2 Å². The van der Waals surface area contributed by atoms with Crippen LogP contribution in [0.4, 0.5) is 11.6 Å². The minimum atomic E-state index is 0.777. The van der Waals surface area contributed by atoms with Crippen molar-refractivity contribution in [2.75, 3.05) is 24.3 Å². The summed E-state index contributed by atoms with van der Waals surface area (Å²) in [5.74, 6) is 2.67. The van der Waals surface area contributed by atoms with E-state index in [0.29, 0.717) is 0 Å². The second-order valence-electron chi connectivity index (χ2n) is 4.91. The quantitative estimate of drug-likeness (QED) is 0.871. The molecule has 0 unspecified atom stereocenters. The van der Waals surface area contributed by atoms with E-state index in [1.54, 1.807) is 0 Å². The summed E-state index contributed by atoms with van der Waals surface area (Å²) in [6.07, 6.45) is 5.83. The highest BCUT2D eigenvalue weighted by Gasteiger charge is 2.09. The van der Waals surface area contributed by atoms with Crippen LogP contribution in [-0.2, 0) is 20.0 Å². The lowest BCUT2D eigenvalue weighted by Crippen LogP contribution is -2.19. The molecule has 2 aromatic heterocycles. The van der Waals surface area contributed by atoms with Crippen LogP contribution in [-0.4, -0.2) is 33.8 Å². The normalized spacial score (nSPS) is 10.6. The molecule has 0 spiro atoms. The fourth-order valence-corrected chi connectivity index (χ4v) is 2.05. The number of aryl methyl sites for hydroxylation is 2. The van der Waals surface area contributed by atoms with Crippen molar-refractivity contribution in [3.63, 3.8) is 0 Å². The van der Waals surface area contributed by atoms with Crippen molar-refractivity contribution in [2.24, 2.45) is 7.05 Å². The molecule has 0 saturated heterocycles. The van der Waals surface area contributed by atoms with Gasteiger partial charge in [-0.25, -0.2) is 9.97 Å². The van der Waals surface area contributed by atoms with Gasteiger partial charge in [0, 0.05) is 51.9 Å². The molecule has 1 N–H and O–H groups in total. The first-order valence-electron chi connectivity index (χ1n) is 6.86. The average Bonchev–Trinajstić information content (AvgIpc) is 2.84. The summed E-state index contributed by atoms with van der Waals surface area (Å²) < 4.78 is 1.81. The maximum atomic E-state index is 4.62. The molecule has 0 aliphatic heterocycles. The van der Waals surface area contributed by atoms with Crippen molar-refractivity contribution < 1.29 is 0 Å². The summed E-state index contributed by atoms with van der Waals surface area (Å²) in [6.45, 7) is 2.91. The molecule has 6 heteroatoms. The molecular weight excluding hydrogens is 252 g/mol. The van der Waals surface area contributed by atoms with E-state index in [9.17, 15) is 0 Å². The zero-order valence-corrected chi connectivity index (χ0v) is 12.6. The standard InChI is InChI=1S/C14H22N6/c1-5-6-12-17-13(15-2)7-14(18-12)19(3)9-11-8-16-20(4)10-11/h7-8,10H,5-6,9H2,1-4H3,(H,15,17,18). The highest BCUT2D eigenvalue weighted by atomic mass is 15.2. The van der Waals surface area contributed by atoms with Crippen molar-refractivity contribution in [1.82, 2.24) is 19.7 Å². The lowest BCUT2D eigenvalue weighted by Gasteiger charge is -2.18. The van der Waals surface area contributed by atoms with E-state index in [-0.39, 0.29) is 0 Å². The van der Waals surface area contributed by atoms with Crippen LogP contribution in [0.15, 0.2) is 18.5 Å². The van der Waals surface area contributed by atoms with E-state index in [1.165, 1.54) is 0 Å². The first kappa shape index (κ1) is 14.3. The Balaban J connectivity index is 2.19. The number of rotatable bonds is 6. The Labute approximate surface area is 119 Å². The van der Waals surface area contributed by atoms with Crippen LogP contribution in [0.1, 0.15) is 24.7 Å². The third-order valence-corrected chi connectivity index (χ3v) is 3.06. The summed E-state index contributed by atoms with van der Waals surface area (Å²) in [5.41, 5.74) is 1.16. The Bertz CT molecular complexity index is 563. The maximum absolute atomic E-state index is 4.62. The molecule has 0 bridgehead atoms. The van der Waals surface area contributed by atoms with Crippen LogP contribution in [0.3, 0.4) is 0 Å². The molecule has 20 heavy (non-hydrogen) atoms. The Morgan fingerprint density at radius 1 is 1.35 bits per heavy atom. The van der Waals surface area contributed by atoms with Crippen molar-refractivity contribution in [3.8, 4) is 0 Å². The zero-order chi connectivity index (χ0) is 14.5. The van der Waals surface area contributed by atoms with Gasteiger partial charge in [-0.1, -0.05) is 6.92 Å². The molecular formula is C14H22N6. The van der Waals surface area contributed by atoms with Crippen LogP contribution in [0.25, 0.3) is 0 Å². The molecule has 2 rings (SSSR count). The molecule has 0 aromatic carbocycles. The number of hydrogen-bond donors (Lipinski definition) is 1. The summed E-state index contributed by atoms with van der Waals surface area (Å²) in [5, 5.41) is 7.28. The second kappa shape index (κ2) is 6.36. The van der Waals surface area contributed by atoms with Gasteiger partial charge < -0.3 is 10.2 Å². The third-order valence-electron chi connectivity index (χ3n) is 3.06. The molecule has 0 radical (unpaired) electrons. The number of hydrogen-bond acceptors (Lipinski definition) is 5. The topological polar surface area (TPSA) is 58.9 Å². The van der Waals surface area contributed by atoms with E-state index >= 15 is 0 Å². The highest BCUT2D eigenvalue weighted by Crippen LogP contribution is 2.17. The van der Waals surface area contributed by atoms with E-state index < -0.39 is 0 Å². The van der Waals surface area contributed by atoms with Gasteiger partial charge in [-0.05, 0) is 6.42 Å². The SMILES string of the molecule is CCCc1nc(NC)cc(N(C)Cc2cnn(C)c2)n1. The minimum absolute atomic E-state index is 0.777.